The van der Waals surface area contributed by atoms with Gasteiger partial charge < -0.3 is 10.1 Å². The maximum Gasteiger partial charge on any atom is 0.337 e. The van der Waals surface area contributed by atoms with Crippen molar-refractivity contribution in [3.8, 4) is 0 Å². The van der Waals surface area contributed by atoms with Crippen molar-refractivity contribution in [1.82, 2.24) is 10.2 Å². The summed E-state index contributed by atoms with van der Waals surface area (Å²) in [6, 6.07) is 6.24. The number of carbonyl (C=O) groups excluding carboxylic acids is 2. The highest BCUT2D eigenvalue weighted by Gasteiger charge is 2.36. The van der Waals surface area contributed by atoms with Crippen LogP contribution in [0.3, 0.4) is 0 Å². The summed E-state index contributed by atoms with van der Waals surface area (Å²) in [5.41, 5.74) is 1.65. The van der Waals surface area contributed by atoms with E-state index < -0.39 is 12.0 Å². The molecule has 0 saturated carbocycles. The fourth-order valence-corrected chi connectivity index (χ4v) is 2.72. The van der Waals surface area contributed by atoms with E-state index in [0.29, 0.717) is 28.4 Å². The van der Waals surface area contributed by atoms with E-state index in [2.05, 4.69) is 5.32 Å². The number of nitrogens with zero attached hydrogens (tertiary/aromatic N) is 1. The zero-order valence-corrected chi connectivity index (χ0v) is 12.9. The highest BCUT2D eigenvalue weighted by molar-refractivity contribution is 6.31. The average Bonchev–Trinajstić information content (AvgIpc) is 2.47. The topological polar surface area (TPSA) is 58.6 Å². The Kier molecular flexibility index (Phi) is 4.53. The third kappa shape index (κ3) is 2.74. The number of hydrogen-bond acceptors (Lipinski definition) is 3. The quantitative estimate of drug-likeness (QED) is 0.874. The fraction of sp³-hybridized carbons (Fsp3) is 0.333. The highest BCUT2D eigenvalue weighted by Crippen LogP contribution is 2.34. The lowest BCUT2D eigenvalue weighted by atomic mass is 9.95. The van der Waals surface area contributed by atoms with E-state index in [9.17, 15) is 9.59 Å². The van der Waals surface area contributed by atoms with Crippen molar-refractivity contribution in [3.05, 3.63) is 46.1 Å². The molecule has 1 N–H and O–H groups in total. The van der Waals surface area contributed by atoms with E-state index in [0.717, 1.165) is 0 Å². The third-order valence-electron chi connectivity index (χ3n) is 3.53. The largest absolute Gasteiger partial charge is 0.466 e. The number of amides is 2. The monoisotopic (exact) mass is 308 g/mol. The summed E-state index contributed by atoms with van der Waals surface area (Å²) in [5, 5.41) is 3.30. The molecule has 0 bridgehead atoms. The minimum Gasteiger partial charge on any atom is -0.466 e. The second kappa shape index (κ2) is 6.18. The molecule has 1 heterocycles. The standard InChI is InChI=1S/C15H17ClN2O3/c1-4-18-9(2)12(14(19)21-3)13(17-15(18)20)10-7-5-6-8-11(10)16/h5-8,13H,4H2,1-3H3,(H,17,20)/t13-/m0/s1. The molecule has 0 aliphatic carbocycles. The zero-order chi connectivity index (χ0) is 15.6. The van der Waals surface area contributed by atoms with Gasteiger partial charge in [0, 0.05) is 17.3 Å². The van der Waals surface area contributed by atoms with Crippen LogP contribution in [-0.4, -0.2) is 30.6 Å². The Morgan fingerprint density at radius 2 is 2.10 bits per heavy atom. The normalized spacial score (nSPS) is 18.6. The molecule has 5 nitrogen and oxygen atoms in total. The van der Waals surface area contributed by atoms with Gasteiger partial charge in [-0.2, -0.15) is 0 Å². The number of halogens is 1. The Morgan fingerprint density at radius 1 is 1.43 bits per heavy atom. The van der Waals surface area contributed by atoms with Gasteiger partial charge in [0.05, 0.1) is 18.7 Å². The molecule has 0 fully saturated rings. The van der Waals surface area contributed by atoms with Gasteiger partial charge in [-0.15, -0.1) is 0 Å². The van der Waals surface area contributed by atoms with E-state index in [4.69, 9.17) is 16.3 Å². The van der Waals surface area contributed by atoms with Gasteiger partial charge in [0.2, 0.25) is 0 Å². The molecule has 2 amide bonds. The summed E-state index contributed by atoms with van der Waals surface area (Å²) in [6.45, 7) is 4.04. The summed E-state index contributed by atoms with van der Waals surface area (Å²) in [7, 11) is 1.32. The van der Waals surface area contributed by atoms with Crippen LogP contribution in [-0.2, 0) is 9.53 Å². The van der Waals surface area contributed by atoms with E-state index in [1.54, 1.807) is 25.1 Å². The van der Waals surface area contributed by atoms with Gasteiger partial charge in [0.25, 0.3) is 0 Å². The van der Waals surface area contributed by atoms with Crippen LogP contribution in [0, 0.1) is 0 Å². The Hall–Kier alpha value is -2.01. The second-order valence-corrected chi connectivity index (χ2v) is 5.05. The van der Waals surface area contributed by atoms with Crippen LogP contribution < -0.4 is 5.32 Å². The zero-order valence-electron chi connectivity index (χ0n) is 12.1. The van der Waals surface area contributed by atoms with Gasteiger partial charge in [-0.3, -0.25) is 4.90 Å². The SMILES string of the molecule is CCN1C(=O)N[C@@H](c2ccccc2Cl)C(C(=O)OC)=C1C. The number of urea groups is 1. The van der Waals surface area contributed by atoms with Gasteiger partial charge in [-0.1, -0.05) is 29.8 Å². The Balaban J connectivity index is 2.59. The number of esters is 1. The minimum absolute atomic E-state index is 0.257. The van der Waals surface area contributed by atoms with Gasteiger partial charge in [-0.25, -0.2) is 9.59 Å². The molecule has 1 aromatic carbocycles. The molecule has 1 atom stereocenters. The Bertz CT molecular complexity index is 613. The number of nitrogens with one attached hydrogen (secondary N) is 1. The molecule has 0 aromatic heterocycles. The molecule has 6 heteroatoms. The molecular weight excluding hydrogens is 292 g/mol. The minimum atomic E-state index is -0.610. The highest BCUT2D eigenvalue weighted by atomic mass is 35.5. The smallest absolute Gasteiger partial charge is 0.337 e. The first kappa shape index (κ1) is 15.4. The van der Waals surface area contributed by atoms with Crippen molar-refractivity contribution < 1.29 is 14.3 Å². The summed E-state index contributed by atoms with van der Waals surface area (Å²) < 4.78 is 4.86. The van der Waals surface area contributed by atoms with E-state index >= 15 is 0 Å². The summed E-state index contributed by atoms with van der Waals surface area (Å²) in [4.78, 5) is 25.8. The number of allylic oxidation sites excluding steroid dienone is 1. The van der Waals surface area contributed by atoms with Crippen LogP contribution in [0.4, 0.5) is 4.79 Å². The number of benzene rings is 1. The average molecular weight is 309 g/mol. The van der Waals surface area contributed by atoms with Crippen molar-refractivity contribution in [2.24, 2.45) is 0 Å². The molecule has 1 aliphatic heterocycles. The molecule has 21 heavy (non-hydrogen) atoms. The lowest BCUT2D eigenvalue weighted by Crippen LogP contribution is -2.47. The van der Waals surface area contributed by atoms with Gasteiger partial charge >= 0.3 is 12.0 Å². The predicted molar refractivity (Wildman–Crippen MR) is 79.8 cm³/mol. The van der Waals surface area contributed by atoms with E-state index in [-0.39, 0.29) is 6.03 Å². The van der Waals surface area contributed by atoms with Crippen molar-refractivity contribution >= 4 is 23.6 Å². The van der Waals surface area contributed by atoms with Crippen molar-refractivity contribution in [1.29, 1.82) is 0 Å². The van der Waals surface area contributed by atoms with Gasteiger partial charge in [0.15, 0.2) is 0 Å². The molecule has 1 aliphatic rings. The molecule has 0 radical (unpaired) electrons. The van der Waals surface area contributed by atoms with Crippen LogP contribution in [0.2, 0.25) is 5.02 Å². The molecule has 2 rings (SSSR count). The summed E-state index contributed by atoms with van der Waals surface area (Å²) in [6.07, 6.45) is 0. The fourth-order valence-electron chi connectivity index (χ4n) is 2.48. The Morgan fingerprint density at radius 3 is 2.67 bits per heavy atom. The molecule has 0 saturated heterocycles. The van der Waals surface area contributed by atoms with Gasteiger partial charge in [-0.05, 0) is 25.5 Å². The Labute approximate surface area is 128 Å². The summed E-state index contributed by atoms with van der Waals surface area (Å²) >= 11 is 6.20. The lowest BCUT2D eigenvalue weighted by molar-refractivity contribution is -0.136. The number of rotatable bonds is 3. The van der Waals surface area contributed by atoms with Crippen LogP contribution in [0.25, 0.3) is 0 Å². The van der Waals surface area contributed by atoms with Crippen LogP contribution in [0.1, 0.15) is 25.5 Å². The number of hydrogen-bond donors (Lipinski definition) is 1. The van der Waals surface area contributed by atoms with E-state index in [1.165, 1.54) is 12.0 Å². The first-order chi connectivity index (χ1) is 10.0. The van der Waals surface area contributed by atoms with Crippen LogP contribution in [0.5, 0.6) is 0 Å². The maximum absolute atomic E-state index is 12.2. The van der Waals surface area contributed by atoms with Crippen molar-refractivity contribution in [3.63, 3.8) is 0 Å². The molecular formula is C15H17ClN2O3. The lowest BCUT2D eigenvalue weighted by Gasteiger charge is -2.34. The first-order valence-electron chi connectivity index (χ1n) is 6.62. The maximum atomic E-state index is 12.2. The number of ether oxygens (including phenoxy) is 1. The number of methoxy groups -OCH3 is 1. The van der Waals surface area contributed by atoms with Crippen molar-refractivity contribution in [2.75, 3.05) is 13.7 Å². The molecule has 1 aromatic rings. The third-order valence-corrected chi connectivity index (χ3v) is 3.88. The van der Waals surface area contributed by atoms with Gasteiger partial charge in [0.1, 0.15) is 0 Å². The van der Waals surface area contributed by atoms with Crippen LogP contribution >= 0.6 is 11.6 Å². The summed E-state index contributed by atoms with van der Waals surface area (Å²) in [5.74, 6) is -0.476. The first-order valence-corrected chi connectivity index (χ1v) is 7.00. The van der Waals surface area contributed by atoms with E-state index in [1.807, 2.05) is 13.0 Å². The molecule has 0 spiro atoms. The number of carbonyl (C=O) groups is 2. The second-order valence-electron chi connectivity index (χ2n) is 4.64. The van der Waals surface area contributed by atoms with Crippen molar-refractivity contribution in [2.45, 2.75) is 19.9 Å². The molecule has 112 valence electrons. The molecule has 0 unspecified atom stereocenters. The van der Waals surface area contributed by atoms with Crippen LogP contribution in [0.15, 0.2) is 35.5 Å². The predicted octanol–water partition coefficient (Wildman–Crippen LogP) is 2.87.